The Bertz CT molecular complexity index is 818. The fourth-order valence-electron chi connectivity index (χ4n) is 3.03. The van der Waals surface area contributed by atoms with Crippen LogP contribution in [-0.2, 0) is 0 Å². The standard InChI is InChI=1S/C19H24ClN5O2.ClH/c1-2-8-22-18(26)15-6-5-13(11-16(15)20)23-19(27)17-7-10-25(24-17)14-4-3-9-21-12-14;/h5-7,10-11,14,21H,2-4,8-9,12H2,1H3,(H,22,26)(H,23,27);1H. The third-order valence-electron chi connectivity index (χ3n) is 4.49. The molecule has 2 aromatic rings. The van der Waals surface area contributed by atoms with Crippen molar-refractivity contribution in [1.82, 2.24) is 20.4 Å². The molecule has 2 heterocycles. The molecule has 1 aromatic carbocycles. The van der Waals surface area contributed by atoms with Gasteiger partial charge in [-0.2, -0.15) is 5.10 Å². The second-order valence-electron chi connectivity index (χ2n) is 6.59. The van der Waals surface area contributed by atoms with Crippen molar-refractivity contribution in [1.29, 1.82) is 0 Å². The molecule has 0 saturated carbocycles. The zero-order valence-electron chi connectivity index (χ0n) is 15.7. The molecular formula is C19H25Cl2N5O2. The Hall–Kier alpha value is -2.09. The van der Waals surface area contributed by atoms with Crippen molar-refractivity contribution >= 4 is 41.5 Å². The molecule has 0 bridgehead atoms. The van der Waals surface area contributed by atoms with E-state index in [1.54, 1.807) is 24.3 Å². The van der Waals surface area contributed by atoms with Crippen LogP contribution in [0.3, 0.4) is 0 Å². The van der Waals surface area contributed by atoms with E-state index in [2.05, 4.69) is 21.0 Å². The van der Waals surface area contributed by atoms with Gasteiger partial charge in [0.15, 0.2) is 5.69 Å². The second kappa shape index (κ2) is 10.5. The third kappa shape index (κ3) is 5.47. The molecule has 9 heteroatoms. The number of hydrogen-bond acceptors (Lipinski definition) is 4. The molecule has 1 unspecified atom stereocenters. The first kappa shape index (κ1) is 22.2. The lowest BCUT2D eigenvalue weighted by molar-refractivity contribution is 0.0953. The molecule has 0 aliphatic carbocycles. The van der Waals surface area contributed by atoms with Crippen molar-refractivity contribution in [2.45, 2.75) is 32.2 Å². The van der Waals surface area contributed by atoms with Gasteiger partial charge in [0.25, 0.3) is 11.8 Å². The van der Waals surface area contributed by atoms with Gasteiger partial charge in [0.2, 0.25) is 0 Å². The highest BCUT2D eigenvalue weighted by Gasteiger charge is 2.18. The average Bonchev–Trinajstić information content (AvgIpc) is 3.17. The van der Waals surface area contributed by atoms with Crippen LogP contribution in [0.2, 0.25) is 5.02 Å². The lowest BCUT2D eigenvalue weighted by atomic mass is 10.1. The van der Waals surface area contributed by atoms with E-state index in [1.807, 2.05) is 17.8 Å². The van der Waals surface area contributed by atoms with E-state index in [4.69, 9.17) is 11.6 Å². The number of nitrogens with zero attached hydrogens (tertiary/aromatic N) is 2. The molecule has 152 valence electrons. The predicted octanol–water partition coefficient (Wildman–Crippen LogP) is 3.27. The van der Waals surface area contributed by atoms with Crippen molar-refractivity contribution in [3.63, 3.8) is 0 Å². The van der Waals surface area contributed by atoms with Crippen molar-refractivity contribution in [3.05, 3.63) is 46.7 Å². The van der Waals surface area contributed by atoms with Gasteiger partial charge >= 0.3 is 0 Å². The molecule has 1 aromatic heterocycles. The highest BCUT2D eigenvalue weighted by Crippen LogP contribution is 2.22. The zero-order chi connectivity index (χ0) is 19.2. The SMILES string of the molecule is CCCNC(=O)c1ccc(NC(=O)c2ccn(C3CCCNC3)n2)cc1Cl.Cl. The van der Waals surface area contributed by atoms with Crippen LogP contribution >= 0.6 is 24.0 Å². The van der Waals surface area contributed by atoms with E-state index < -0.39 is 0 Å². The van der Waals surface area contributed by atoms with Crippen LogP contribution in [-0.4, -0.2) is 41.2 Å². The summed E-state index contributed by atoms with van der Waals surface area (Å²) < 4.78 is 1.84. The Morgan fingerprint density at radius 1 is 1.32 bits per heavy atom. The van der Waals surface area contributed by atoms with Gasteiger partial charge in [-0.25, -0.2) is 0 Å². The minimum atomic E-state index is -0.309. The zero-order valence-corrected chi connectivity index (χ0v) is 17.3. The van der Waals surface area contributed by atoms with Crippen LogP contribution in [0.25, 0.3) is 0 Å². The van der Waals surface area contributed by atoms with E-state index in [0.717, 1.165) is 32.4 Å². The van der Waals surface area contributed by atoms with Crippen LogP contribution in [0, 0.1) is 0 Å². The number of halogens is 2. The first-order valence-electron chi connectivity index (χ1n) is 9.23. The van der Waals surface area contributed by atoms with E-state index in [9.17, 15) is 9.59 Å². The summed E-state index contributed by atoms with van der Waals surface area (Å²) in [6.45, 7) is 4.46. The molecule has 0 radical (unpaired) electrons. The minimum Gasteiger partial charge on any atom is -0.352 e. The molecule has 1 fully saturated rings. The maximum Gasteiger partial charge on any atom is 0.276 e. The molecule has 28 heavy (non-hydrogen) atoms. The van der Waals surface area contributed by atoms with Gasteiger partial charge in [-0.1, -0.05) is 18.5 Å². The summed E-state index contributed by atoms with van der Waals surface area (Å²) >= 11 is 6.20. The van der Waals surface area contributed by atoms with Crippen molar-refractivity contribution in [3.8, 4) is 0 Å². The number of carbonyl (C=O) groups is 2. The number of anilines is 1. The summed E-state index contributed by atoms with van der Waals surface area (Å²) in [6, 6.07) is 6.82. The number of nitrogens with one attached hydrogen (secondary N) is 3. The molecule has 7 nitrogen and oxygen atoms in total. The van der Waals surface area contributed by atoms with Gasteiger partial charge in [0.1, 0.15) is 0 Å². The number of aromatic nitrogens is 2. The first-order valence-corrected chi connectivity index (χ1v) is 9.61. The lowest BCUT2D eigenvalue weighted by Crippen LogP contribution is -2.32. The van der Waals surface area contributed by atoms with Gasteiger partial charge in [0, 0.05) is 25.0 Å². The summed E-state index contributed by atoms with van der Waals surface area (Å²) in [5, 5.41) is 13.6. The fourth-order valence-corrected chi connectivity index (χ4v) is 3.29. The molecule has 1 aliphatic heterocycles. The highest BCUT2D eigenvalue weighted by atomic mass is 35.5. The van der Waals surface area contributed by atoms with E-state index in [0.29, 0.717) is 28.5 Å². The van der Waals surface area contributed by atoms with Crippen molar-refractivity contribution in [2.75, 3.05) is 25.0 Å². The van der Waals surface area contributed by atoms with Crippen LogP contribution < -0.4 is 16.0 Å². The maximum absolute atomic E-state index is 12.5. The quantitative estimate of drug-likeness (QED) is 0.662. The van der Waals surface area contributed by atoms with Gasteiger partial charge in [-0.3, -0.25) is 14.3 Å². The molecule has 3 N–H and O–H groups in total. The lowest BCUT2D eigenvalue weighted by Gasteiger charge is -2.22. The molecule has 1 saturated heterocycles. The van der Waals surface area contributed by atoms with Gasteiger partial charge in [-0.15, -0.1) is 12.4 Å². The molecule has 1 atom stereocenters. The number of carbonyl (C=O) groups excluding carboxylic acids is 2. The fraction of sp³-hybridized carbons (Fsp3) is 0.421. The van der Waals surface area contributed by atoms with Crippen molar-refractivity contribution < 1.29 is 9.59 Å². The van der Waals surface area contributed by atoms with Crippen LogP contribution in [0.15, 0.2) is 30.5 Å². The minimum absolute atomic E-state index is 0. The Labute approximate surface area is 175 Å². The van der Waals surface area contributed by atoms with Gasteiger partial charge in [0.05, 0.1) is 16.6 Å². The number of amides is 2. The number of rotatable bonds is 6. The first-order chi connectivity index (χ1) is 13.1. The Morgan fingerprint density at radius 2 is 2.14 bits per heavy atom. The second-order valence-corrected chi connectivity index (χ2v) is 6.99. The van der Waals surface area contributed by atoms with E-state index in [-0.39, 0.29) is 30.3 Å². The summed E-state index contributed by atoms with van der Waals surface area (Å²) in [6.07, 6.45) is 4.83. The normalized spacial score (nSPS) is 16.1. The van der Waals surface area contributed by atoms with E-state index >= 15 is 0 Å². The molecular weight excluding hydrogens is 401 g/mol. The van der Waals surface area contributed by atoms with Crippen molar-refractivity contribution in [2.24, 2.45) is 0 Å². The van der Waals surface area contributed by atoms with Crippen LogP contribution in [0.4, 0.5) is 5.69 Å². The number of benzene rings is 1. The van der Waals surface area contributed by atoms with Gasteiger partial charge in [-0.05, 0) is 50.1 Å². The summed E-state index contributed by atoms with van der Waals surface area (Å²) in [4.78, 5) is 24.5. The molecule has 3 rings (SSSR count). The Morgan fingerprint density at radius 3 is 2.82 bits per heavy atom. The smallest absolute Gasteiger partial charge is 0.276 e. The molecule has 0 spiro atoms. The predicted molar refractivity (Wildman–Crippen MR) is 113 cm³/mol. The number of hydrogen-bond donors (Lipinski definition) is 3. The summed E-state index contributed by atoms with van der Waals surface area (Å²) in [7, 11) is 0. The molecule has 1 aliphatic rings. The summed E-state index contributed by atoms with van der Waals surface area (Å²) in [5.74, 6) is -0.531. The number of piperidine rings is 1. The Balaban J connectivity index is 0.00000280. The summed E-state index contributed by atoms with van der Waals surface area (Å²) in [5.41, 5.74) is 1.25. The maximum atomic E-state index is 12.5. The molecule has 2 amide bonds. The van der Waals surface area contributed by atoms with Crippen LogP contribution in [0.1, 0.15) is 53.1 Å². The van der Waals surface area contributed by atoms with Crippen LogP contribution in [0.5, 0.6) is 0 Å². The Kier molecular flexibility index (Phi) is 8.29. The topological polar surface area (TPSA) is 88.0 Å². The third-order valence-corrected chi connectivity index (χ3v) is 4.81. The van der Waals surface area contributed by atoms with Gasteiger partial charge < -0.3 is 16.0 Å². The monoisotopic (exact) mass is 425 g/mol. The van der Waals surface area contributed by atoms with E-state index in [1.165, 1.54) is 0 Å². The highest BCUT2D eigenvalue weighted by molar-refractivity contribution is 6.34. The average molecular weight is 426 g/mol. The largest absolute Gasteiger partial charge is 0.352 e.